The maximum Gasteiger partial charge on any atom is 0.339 e. The molecule has 0 bridgehead atoms. The quantitative estimate of drug-likeness (QED) is 0.353. The molecule has 1 aliphatic rings. The van der Waals surface area contributed by atoms with Crippen molar-refractivity contribution in [1.82, 2.24) is 0 Å². The maximum atomic E-state index is 11.4. The van der Waals surface area contributed by atoms with Crippen LogP contribution in [0.4, 0.5) is 0 Å². The molecule has 0 radical (unpaired) electrons. The fraction of sp³-hybridized carbons (Fsp3) is 0.727. The second-order valence-electron chi connectivity index (χ2n) is 4.23. The summed E-state index contributed by atoms with van der Waals surface area (Å²) in [6.07, 6.45) is 4.16. The van der Waals surface area contributed by atoms with Gasteiger partial charge in [-0.1, -0.05) is 13.0 Å². The highest BCUT2D eigenvalue weighted by Gasteiger charge is 2.28. The van der Waals surface area contributed by atoms with Gasteiger partial charge in [0.1, 0.15) is 6.54 Å². The fourth-order valence-corrected chi connectivity index (χ4v) is 2.11. The van der Waals surface area contributed by atoms with E-state index < -0.39 is 0 Å². The number of rotatable bonds is 3. The third-order valence-electron chi connectivity index (χ3n) is 2.82. The van der Waals surface area contributed by atoms with Crippen molar-refractivity contribution in [3.8, 4) is 0 Å². The van der Waals surface area contributed by atoms with Crippen molar-refractivity contribution in [1.29, 1.82) is 0 Å². The lowest BCUT2D eigenvalue weighted by molar-refractivity contribution is -0.906. The van der Waals surface area contributed by atoms with Gasteiger partial charge in [-0.2, -0.15) is 0 Å². The van der Waals surface area contributed by atoms with E-state index in [9.17, 15) is 4.79 Å². The average molecular weight is 325 g/mol. The number of carbonyl (C=O) groups excluding carboxylic acids is 1. The van der Waals surface area contributed by atoms with E-state index in [0.717, 1.165) is 42.5 Å². The molecule has 4 heteroatoms. The summed E-state index contributed by atoms with van der Waals surface area (Å²) in [5.41, 5.74) is 0.842. The Balaban J connectivity index is 0.00000196. The molecule has 1 rings (SSSR count). The first-order valence-corrected chi connectivity index (χ1v) is 5.22. The number of ether oxygens (including phenoxy) is 1. The molecule has 0 aromatic heterocycles. The number of hydrogen-bond donors (Lipinski definition) is 0. The van der Waals surface area contributed by atoms with E-state index in [1.807, 2.05) is 6.08 Å². The van der Waals surface area contributed by atoms with Crippen LogP contribution in [0.15, 0.2) is 11.6 Å². The lowest BCUT2D eigenvalue weighted by Crippen LogP contribution is -3.00. The molecule has 0 amide bonds. The molecular weight excluding hydrogens is 305 g/mol. The molecule has 1 heterocycles. The lowest BCUT2D eigenvalue weighted by Gasteiger charge is -2.36. The topological polar surface area (TPSA) is 26.3 Å². The Bertz CT molecular complexity index is 253. The Morgan fingerprint density at radius 3 is 2.80 bits per heavy atom. The number of methoxy groups -OCH3 is 1. The minimum Gasteiger partial charge on any atom is -1.00 e. The SMILES string of the molecule is CCC[N+]1(C)CCC=C(C(=O)OC)C1.[I-]. The van der Waals surface area contributed by atoms with Crippen molar-refractivity contribution < 1.29 is 38.0 Å². The summed E-state index contributed by atoms with van der Waals surface area (Å²) < 4.78 is 5.71. The van der Waals surface area contributed by atoms with Crippen molar-refractivity contribution in [2.75, 3.05) is 33.8 Å². The van der Waals surface area contributed by atoms with Crippen LogP contribution in [0.3, 0.4) is 0 Å². The third kappa shape index (κ3) is 4.10. The lowest BCUT2D eigenvalue weighted by atomic mass is 10.1. The molecule has 1 aliphatic heterocycles. The van der Waals surface area contributed by atoms with Crippen molar-refractivity contribution in [2.24, 2.45) is 0 Å². The molecule has 0 aromatic rings. The number of likely N-dealkylation sites (N-methyl/N-ethyl adjacent to an activating group) is 1. The molecule has 0 fully saturated rings. The van der Waals surface area contributed by atoms with Crippen LogP contribution >= 0.6 is 0 Å². The summed E-state index contributed by atoms with van der Waals surface area (Å²) in [5, 5.41) is 0. The van der Waals surface area contributed by atoms with Crippen LogP contribution in [0.5, 0.6) is 0 Å². The number of halogens is 1. The molecule has 0 spiro atoms. The van der Waals surface area contributed by atoms with Gasteiger partial charge in [-0.3, -0.25) is 0 Å². The van der Waals surface area contributed by atoms with Gasteiger partial charge in [0.25, 0.3) is 0 Å². The minimum absolute atomic E-state index is 0. The van der Waals surface area contributed by atoms with E-state index in [4.69, 9.17) is 4.74 Å². The van der Waals surface area contributed by atoms with Gasteiger partial charge in [0.2, 0.25) is 0 Å². The number of nitrogens with zero attached hydrogens (tertiary/aromatic N) is 1. The molecule has 0 saturated carbocycles. The highest BCUT2D eigenvalue weighted by molar-refractivity contribution is 5.88. The van der Waals surface area contributed by atoms with Crippen LogP contribution in [0.1, 0.15) is 19.8 Å². The predicted molar refractivity (Wildman–Crippen MR) is 55.8 cm³/mol. The van der Waals surface area contributed by atoms with Crippen LogP contribution in [0.2, 0.25) is 0 Å². The fourth-order valence-electron chi connectivity index (χ4n) is 2.11. The zero-order chi connectivity index (χ0) is 10.6. The van der Waals surface area contributed by atoms with Gasteiger partial charge in [-0.05, 0) is 6.42 Å². The van der Waals surface area contributed by atoms with E-state index in [0.29, 0.717) is 0 Å². The van der Waals surface area contributed by atoms with Crippen molar-refractivity contribution in [3.63, 3.8) is 0 Å². The molecular formula is C11H20INO2. The van der Waals surface area contributed by atoms with E-state index in [-0.39, 0.29) is 29.9 Å². The normalized spacial score (nSPS) is 25.1. The number of hydrogen-bond acceptors (Lipinski definition) is 2. The predicted octanol–water partition coefficient (Wildman–Crippen LogP) is -1.65. The Morgan fingerprint density at radius 2 is 2.27 bits per heavy atom. The summed E-state index contributed by atoms with van der Waals surface area (Å²) in [6, 6.07) is 0. The van der Waals surface area contributed by atoms with Crippen LogP contribution in [0.25, 0.3) is 0 Å². The van der Waals surface area contributed by atoms with Crippen LogP contribution in [0, 0.1) is 0 Å². The molecule has 3 nitrogen and oxygen atoms in total. The molecule has 0 N–H and O–H groups in total. The highest BCUT2D eigenvalue weighted by atomic mass is 127. The smallest absolute Gasteiger partial charge is 0.339 e. The van der Waals surface area contributed by atoms with Crippen molar-refractivity contribution in [2.45, 2.75) is 19.8 Å². The first-order valence-electron chi connectivity index (χ1n) is 5.22. The number of esters is 1. The zero-order valence-electron chi connectivity index (χ0n) is 9.75. The van der Waals surface area contributed by atoms with Gasteiger partial charge in [-0.15, -0.1) is 0 Å². The first kappa shape index (κ1) is 14.9. The second-order valence-corrected chi connectivity index (χ2v) is 4.23. The Kier molecular flexibility index (Phi) is 6.43. The molecule has 15 heavy (non-hydrogen) atoms. The van der Waals surface area contributed by atoms with Crippen molar-refractivity contribution in [3.05, 3.63) is 11.6 Å². The summed E-state index contributed by atoms with van der Waals surface area (Å²) in [7, 11) is 3.65. The van der Waals surface area contributed by atoms with E-state index >= 15 is 0 Å². The molecule has 0 saturated heterocycles. The maximum absolute atomic E-state index is 11.4. The highest BCUT2D eigenvalue weighted by Crippen LogP contribution is 2.17. The van der Waals surface area contributed by atoms with E-state index in [1.54, 1.807) is 0 Å². The van der Waals surface area contributed by atoms with Crippen LogP contribution in [-0.2, 0) is 9.53 Å². The van der Waals surface area contributed by atoms with Gasteiger partial charge in [0.05, 0.1) is 32.8 Å². The van der Waals surface area contributed by atoms with Crippen LogP contribution in [-0.4, -0.2) is 44.2 Å². The van der Waals surface area contributed by atoms with E-state index in [1.165, 1.54) is 7.11 Å². The molecule has 88 valence electrons. The summed E-state index contributed by atoms with van der Waals surface area (Å²) >= 11 is 0. The van der Waals surface area contributed by atoms with Gasteiger partial charge in [0.15, 0.2) is 0 Å². The standard InChI is InChI=1S/C11H20NO2.HI/c1-4-7-12(2)8-5-6-10(9-12)11(13)14-3;/h6H,4-5,7-9H2,1-3H3;1H/q+1;/p-1. The van der Waals surface area contributed by atoms with Gasteiger partial charge in [-0.25, -0.2) is 4.79 Å². The number of quaternary nitrogens is 1. The van der Waals surface area contributed by atoms with Gasteiger partial charge >= 0.3 is 5.97 Å². The zero-order valence-corrected chi connectivity index (χ0v) is 11.9. The average Bonchev–Trinajstić information content (AvgIpc) is 2.16. The van der Waals surface area contributed by atoms with Crippen LogP contribution < -0.4 is 24.0 Å². The van der Waals surface area contributed by atoms with E-state index in [2.05, 4.69) is 14.0 Å². The summed E-state index contributed by atoms with van der Waals surface area (Å²) in [4.78, 5) is 11.4. The molecule has 0 aliphatic carbocycles. The Hall–Kier alpha value is -0.100. The molecule has 1 unspecified atom stereocenters. The van der Waals surface area contributed by atoms with Crippen molar-refractivity contribution >= 4 is 5.97 Å². The Labute approximate surface area is 109 Å². The number of carbonyl (C=O) groups is 1. The summed E-state index contributed by atoms with van der Waals surface area (Å²) in [5.74, 6) is -0.162. The minimum atomic E-state index is -0.162. The first-order chi connectivity index (χ1) is 6.61. The second kappa shape index (κ2) is 6.48. The molecule has 1 atom stereocenters. The summed E-state index contributed by atoms with van der Waals surface area (Å²) in [6.45, 7) is 5.27. The third-order valence-corrected chi connectivity index (χ3v) is 2.82. The van der Waals surface area contributed by atoms with Gasteiger partial charge < -0.3 is 33.2 Å². The monoisotopic (exact) mass is 325 g/mol. The van der Waals surface area contributed by atoms with Gasteiger partial charge in [0, 0.05) is 6.42 Å². The molecule has 0 aromatic carbocycles. The largest absolute Gasteiger partial charge is 1.00 e. The Morgan fingerprint density at radius 1 is 1.60 bits per heavy atom.